The average Bonchev–Trinajstić information content (AvgIpc) is 2.67. The molecule has 0 aliphatic heterocycles. The molecule has 0 radical (unpaired) electrons. The van der Waals surface area contributed by atoms with Crippen molar-refractivity contribution in [2.75, 3.05) is 6.54 Å². The van der Waals surface area contributed by atoms with Gasteiger partial charge in [0.25, 0.3) is 5.91 Å². The Morgan fingerprint density at radius 2 is 1.46 bits per heavy atom. The first-order valence-electron chi connectivity index (χ1n) is 7.99. The minimum atomic E-state index is -0.195. The molecule has 0 saturated heterocycles. The molecule has 0 aromatic heterocycles. The van der Waals surface area contributed by atoms with Gasteiger partial charge in [-0.15, -0.1) is 0 Å². The number of hydrogen-bond donors (Lipinski definition) is 2. The van der Waals surface area contributed by atoms with Crippen molar-refractivity contribution in [1.82, 2.24) is 5.32 Å². The third-order valence-corrected chi connectivity index (χ3v) is 3.97. The Balaban J connectivity index is 1.80. The molecule has 0 aliphatic carbocycles. The van der Waals surface area contributed by atoms with Gasteiger partial charge in [0.1, 0.15) is 0 Å². The lowest BCUT2D eigenvalue weighted by molar-refractivity contribution is 0.0938. The number of nitrogens with two attached hydrogens (primary N) is 1. The van der Waals surface area contributed by atoms with Crippen molar-refractivity contribution in [3.8, 4) is 11.1 Å². The largest absolute Gasteiger partial charge is 0.344 e. The van der Waals surface area contributed by atoms with Gasteiger partial charge in [-0.2, -0.15) is 0 Å². The van der Waals surface area contributed by atoms with Crippen LogP contribution in [0.2, 0.25) is 0 Å². The number of amides is 1. The molecule has 0 bridgehead atoms. The van der Waals surface area contributed by atoms with Gasteiger partial charge in [-0.1, -0.05) is 72.8 Å². The van der Waals surface area contributed by atoms with E-state index in [1.165, 1.54) is 0 Å². The third-order valence-electron chi connectivity index (χ3n) is 3.97. The third kappa shape index (κ3) is 3.70. The van der Waals surface area contributed by atoms with Crippen LogP contribution in [0.4, 0.5) is 0 Å². The number of nitrogens with one attached hydrogen (secondary N) is 1. The smallest absolute Gasteiger partial charge is 0.251 e. The lowest BCUT2D eigenvalue weighted by atomic mass is 10.0. The van der Waals surface area contributed by atoms with Crippen LogP contribution >= 0.6 is 0 Å². The summed E-state index contributed by atoms with van der Waals surface area (Å²) in [6, 6.07) is 27.2. The Morgan fingerprint density at radius 3 is 2.12 bits per heavy atom. The van der Waals surface area contributed by atoms with Crippen LogP contribution < -0.4 is 11.1 Å². The lowest BCUT2D eigenvalue weighted by Gasteiger charge is -2.17. The van der Waals surface area contributed by atoms with E-state index in [-0.39, 0.29) is 11.9 Å². The van der Waals surface area contributed by atoms with Crippen molar-refractivity contribution in [1.29, 1.82) is 0 Å². The van der Waals surface area contributed by atoms with Crippen LogP contribution in [0.3, 0.4) is 0 Å². The summed E-state index contributed by atoms with van der Waals surface area (Å²) in [6.45, 7) is 0.355. The molecule has 0 aliphatic rings. The van der Waals surface area contributed by atoms with E-state index >= 15 is 0 Å². The number of carbonyl (C=O) groups is 1. The van der Waals surface area contributed by atoms with Crippen LogP contribution in [-0.4, -0.2) is 12.5 Å². The molecule has 1 atom stereocenters. The zero-order valence-corrected chi connectivity index (χ0v) is 13.4. The van der Waals surface area contributed by atoms with Crippen molar-refractivity contribution < 1.29 is 4.79 Å². The molecule has 0 unspecified atom stereocenters. The highest BCUT2D eigenvalue weighted by Gasteiger charge is 2.14. The van der Waals surface area contributed by atoms with E-state index in [0.717, 1.165) is 16.7 Å². The first-order valence-corrected chi connectivity index (χ1v) is 7.99. The van der Waals surface area contributed by atoms with Gasteiger partial charge in [-0.25, -0.2) is 0 Å². The molecular formula is C21H20N2O. The summed E-state index contributed by atoms with van der Waals surface area (Å²) in [5, 5.41) is 3.01. The number of carbonyl (C=O) groups excluding carboxylic acids is 1. The van der Waals surface area contributed by atoms with Crippen molar-refractivity contribution in [2.45, 2.75) is 6.04 Å². The van der Waals surface area contributed by atoms with Gasteiger partial charge in [0, 0.05) is 12.1 Å². The first-order chi connectivity index (χ1) is 11.8. The van der Waals surface area contributed by atoms with E-state index in [4.69, 9.17) is 5.73 Å². The second-order valence-corrected chi connectivity index (χ2v) is 5.62. The summed E-state index contributed by atoms with van der Waals surface area (Å²) in [4.78, 5) is 12.6. The molecule has 3 N–H and O–H groups in total. The summed E-state index contributed by atoms with van der Waals surface area (Å²) in [7, 11) is 0. The van der Waals surface area contributed by atoms with Gasteiger partial charge in [0.15, 0.2) is 0 Å². The Bertz CT molecular complexity index is 800. The predicted molar refractivity (Wildman–Crippen MR) is 97.6 cm³/mol. The minimum Gasteiger partial charge on any atom is -0.344 e. The SMILES string of the molecule is NC[C@H](NC(=O)c1cccc(-c2ccccc2)c1)c1ccccc1. The van der Waals surface area contributed by atoms with E-state index < -0.39 is 0 Å². The van der Waals surface area contributed by atoms with E-state index in [0.29, 0.717) is 12.1 Å². The summed E-state index contributed by atoms with van der Waals surface area (Å²) in [6.07, 6.45) is 0. The van der Waals surface area contributed by atoms with Crippen molar-refractivity contribution in [3.05, 3.63) is 96.1 Å². The van der Waals surface area contributed by atoms with Crippen LogP contribution in [0.15, 0.2) is 84.9 Å². The Labute approximate surface area is 142 Å². The van der Waals surface area contributed by atoms with E-state index in [9.17, 15) is 4.79 Å². The molecule has 3 aromatic rings. The predicted octanol–water partition coefficient (Wildman–Crippen LogP) is 3.78. The maximum absolute atomic E-state index is 12.6. The molecule has 3 heteroatoms. The fourth-order valence-corrected chi connectivity index (χ4v) is 2.68. The Morgan fingerprint density at radius 1 is 0.833 bits per heavy atom. The molecule has 0 fully saturated rings. The summed E-state index contributed by atoms with van der Waals surface area (Å²) < 4.78 is 0. The van der Waals surface area contributed by atoms with Crippen LogP contribution in [0.1, 0.15) is 22.0 Å². The van der Waals surface area contributed by atoms with Gasteiger partial charge in [-0.05, 0) is 28.8 Å². The average molecular weight is 316 g/mol. The summed E-state index contributed by atoms with van der Waals surface area (Å²) >= 11 is 0. The van der Waals surface area contributed by atoms with Crippen LogP contribution in [-0.2, 0) is 0 Å². The second-order valence-electron chi connectivity index (χ2n) is 5.62. The zero-order chi connectivity index (χ0) is 16.8. The van der Waals surface area contributed by atoms with E-state index in [1.807, 2.05) is 84.9 Å². The van der Waals surface area contributed by atoms with E-state index in [2.05, 4.69) is 5.32 Å². The molecular weight excluding hydrogens is 296 g/mol. The number of benzene rings is 3. The van der Waals surface area contributed by atoms with Crippen molar-refractivity contribution >= 4 is 5.91 Å². The summed E-state index contributed by atoms with van der Waals surface area (Å²) in [5.74, 6) is -0.118. The standard InChI is InChI=1S/C21H20N2O/c22-15-20(17-10-5-2-6-11-17)23-21(24)19-13-7-12-18(14-19)16-8-3-1-4-9-16/h1-14,20H,15,22H2,(H,23,24)/t20-/m0/s1. The van der Waals surface area contributed by atoms with Gasteiger partial charge in [0.05, 0.1) is 6.04 Å². The van der Waals surface area contributed by atoms with Crippen LogP contribution in [0.5, 0.6) is 0 Å². The fraction of sp³-hybridized carbons (Fsp3) is 0.0952. The molecule has 0 heterocycles. The highest BCUT2D eigenvalue weighted by molar-refractivity contribution is 5.95. The van der Waals surface area contributed by atoms with Gasteiger partial charge in [-0.3, -0.25) is 4.79 Å². The Hall–Kier alpha value is -2.91. The molecule has 120 valence electrons. The number of hydrogen-bond acceptors (Lipinski definition) is 2. The van der Waals surface area contributed by atoms with Crippen molar-refractivity contribution in [2.24, 2.45) is 5.73 Å². The molecule has 3 nitrogen and oxygen atoms in total. The van der Waals surface area contributed by atoms with E-state index in [1.54, 1.807) is 0 Å². The lowest BCUT2D eigenvalue weighted by Crippen LogP contribution is -2.33. The quantitative estimate of drug-likeness (QED) is 0.752. The molecule has 1 amide bonds. The van der Waals surface area contributed by atoms with Crippen LogP contribution in [0, 0.1) is 0 Å². The van der Waals surface area contributed by atoms with Gasteiger partial charge < -0.3 is 11.1 Å². The highest BCUT2D eigenvalue weighted by Crippen LogP contribution is 2.20. The van der Waals surface area contributed by atoms with Gasteiger partial charge >= 0.3 is 0 Å². The first kappa shape index (κ1) is 16.0. The van der Waals surface area contributed by atoms with Gasteiger partial charge in [0.2, 0.25) is 0 Å². The molecule has 3 rings (SSSR count). The number of rotatable bonds is 5. The maximum Gasteiger partial charge on any atom is 0.251 e. The Kier molecular flexibility index (Phi) is 5.04. The maximum atomic E-state index is 12.6. The normalized spacial score (nSPS) is 11.7. The van der Waals surface area contributed by atoms with Crippen molar-refractivity contribution in [3.63, 3.8) is 0 Å². The zero-order valence-electron chi connectivity index (χ0n) is 13.4. The fourth-order valence-electron chi connectivity index (χ4n) is 2.68. The molecule has 24 heavy (non-hydrogen) atoms. The second kappa shape index (κ2) is 7.57. The monoisotopic (exact) mass is 316 g/mol. The molecule has 0 spiro atoms. The molecule has 0 saturated carbocycles. The highest BCUT2D eigenvalue weighted by atomic mass is 16.1. The minimum absolute atomic E-state index is 0.118. The summed E-state index contributed by atoms with van der Waals surface area (Å²) in [5.41, 5.74) is 9.58. The topological polar surface area (TPSA) is 55.1 Å². The van der Waals surface area contributed by atoms with Crippen LogP contribution in [0.25, 0.3) is 11.1 Å². The molecule has 3 aromatic carbocycles.